The predicted molar refractivity (Wildman–Crippen MR) is 147 cm³/mol. The normalized spacial score (nSPS) is 32.5. The third kappa shape index (κ3) is 7.95. The SMILES string of the molecule is C[C@@H]1O[C@@H](OC[C@H]2O[C@@H](OCCc3ccc(O)c(O)c3)[C@H](O)[C@@H](OC(=O)/C=C/c3ccc(O)c(O)c3)[C@@H]2O)[C@H](O)[C@H](O)[C@H]1O. The Morgan fingerprint density at radius 3 is 2.11 bits per heavy atom. The van der Waals surface area contributed by atoms with Crippen LogP contribution in [-0.2, 0) is 34.9 Å². The number of hydrogen-bond acceptors (Lipinski definition) is 15. The molecule has 0 aromatic heterocycles. The molecular formula is C29H36O15. The third-order valence-corrected chi connectivity index (χ3v) is 7.25. The molecule has 0 amide bonds. The van der Waals surface area contributed by atoms with Crippen LogP contribution in [0.3, 0.4) is 0 Å². The first kappa shape index (κ1) is 33.4. The third-order valence-electron chi connectivity index (χ3n) is 7.25. The van der Waals surface area contributed by atoms with E-state index in [0.717, 1.165) is 6.08 Å². The van der Waals surface area contributed by atoms with Gasteiger partial charge in [0.25, 0.3) is 0 Å². The summed E-state index contributed by atoms with van der Waals surface area (Å²) in [5, 5.41) is 90.5. The van der Waals surface area contributed by atoms with Crippen molar-refractivity contribution in [1.29, 1.82) is 0 Å². The van der Waals surface area contributed by atoms with Crippen LogP contribution in [0.15, 0.2) is 42.5 Å². The monoisotopic (exact) mass is 624 g/mol. The van der Waals surface area contributed by atoms with Crippen LogP contribution in [0.25, 0.3) is 6.08 Å². The number of carbonyl (C=O) groups is 1. The summed E-state index contributed by atoms with van der Waals surface area (Å²) >= 11 is 0. The fourth-order valence-corrected chi connectivity index (χ4v) is 4.66. The van der Waals surface area contributed by atoms with Crippen molar-refractivity contribution >= 4 is 12.0 Å². The zero-order valence-corrected chi connectivity index (χ0v) is 23.5. The van der Waals surface area contributed by atoms with Gasteiger partial charge in [0, 0.05) is 6.08 Å². The Morgan fingerprint density at radius 1 is 0.773 bits per heavy atom. The van der Waals surface area contributed by atoms with Crippen molar-refractivity contribution in [2.75, 3.05) is 13.2 Å². The minimum absolute atomic E-state index is 0.0768. The summed E-state index contributed by atoms with van der Waals surface area (Å²) in [7, 11) is 0. The maximum absolute atomic E-state index is 12.6. The molecule has 15 heteroatoms. The van der Waals surface area contributed by atoms with Gasteiger partial charge in [-0.1, -0.05) is 12.1 Å². The molecule has 2 heterocycles. The van der Waals surface area contributed by atoms with Gasteiger partial charge in [0.2, 0.25) is 0 Å². The second kappa shape index (κ2) is 14.5. The van der Waals surface area contributed by atoms with Crippen molar-refractivity contribution in [1.82, 2.24) is 0 Å². The number of hydrogen-bond donors (Lipinski definition) is 9. The summed E-state index contributed by atoms with van der Waals surface area (Å²) in [5.74, 6) is -2.39. The fraction of sp³-hybridized carbons (Fsp3) is 0.483. The summed E-state index contributed by atoms with van der Waals surface area (Å²) in [6.07, 6.45) is -12.2. The number of benzene rings is 2. The molecule has 2 fully saturated rings. The molecule has 2 aromatic rings. The van der Waals surface area contributed by atoms with E-state index in [4.69, 9.17) is 23.7 Å². The number of phenols is 4. The van der Waals surface area contributed by atoms with E-state index >= 15 is 0 Å². The molecular weight excluding hydrogens is 588 g/mol. The zero-order valence-electron chi connectivity index (χ0n) is 23.5. The summed E-state index contributed by atoms with van der Waals surface area (Å²) in [6.45, 7) is 0.888. The van der Waals surface area contributed by atoms with Gasteiger partial charge in [-0.3, -0.25) is 0 Å². The molecule has 2 saturated heterocycles. The lowest BCUT2D eigenvalue weighted by Gasteiger charge is -2.43. The molecule has 0 spiro atoms. The van der Waals surface area contributed by atoms with Gasteiger partial charge in [-0.15, -0.1) is 0 Å². The average molecular weight is 625 g/mol. The first-order valence-electron chi connectivity index (χ1n) is 13.7. The van der Waals surface area contributed by atoms with Crippen molar-refractivity contribution in [2.45, 2.75) is 74.8 Å². The number of phenolic OH excluding ortho intramolecular Hbond substituents is 4. The molecule has 15 nitrogen and oxygen atoms in total. The number of carbonyl (C=O) groups excluding carboxylic acids is 1. The number of aromatic hydroxyl groups is 4. The van der Waals surface area contributed by atoms with E-state index in [9.17, 15) is 50.8 Å². The molecule has 2 aliphatic rings. The highest BCUT2D eigenvalue weighted by Crippen LogP contribution is 2.29. The van der Waals surface area contributed by atoms with Gasteiger partial charge in [-0.25, -0.2) is 4.79 Å². The van der Waals surface area contributed by atoms with Gasteiger partial charge in [0.05, 0.1) is 19.3 Å². The maximum Gasteiger partial charge on any atom is 0.331 e. The molecule has 0 aliphatic carbocycles. The molecule has 0 unspecified atom stereocenters. The molecule has 0 saturated carbocycles. The van der Waals surface area contributed by atoms with Gasteiger partial charge >= 0.3 is 5.97 Å². The zero-order chi connectivity index (χ0) is 32.1. The lowest BCUT2D eigenvalue weighted by molar-refractivity contribution is -0.328. The molecule has 2 aliphatic heterocycles. The fourth-order valence-electron chi connectivity index (χ4n) is 4.66. The van der Waals surface area contributed by atoms with Crippen molar-refractivity contribution in [2.24, 2.45) is 0 Å². The van der Waals surface area contributed by atoms with E-state index in [2.05, 4.69) is 0 Å². The number of aliphatic hydroxyl groups excluding tert-OH is 5. The average Bonchev–Trinajstić information content (AvgIpc) is 2.99. The second-order valence-electron chi connectivity index (χ2n) is 10.5. The summed E-state index contributed by atoms with van der Waals surface area (Å²) in [6, 6.07) is 7.99. The number of aliphatic hydroxyl groups is 5. The standard InChI is InChI=1S/C29H36O15/c1-13-22(35)24(37)25(38)28(42-13)41-12-20-23(36)27(44-21(34)7-4-14-2-5-16(30)18(32)10-14)26(39)29(43-20)40-9-8-15-3-6-17(31)19(33)11-15/h2-7,10-11,13,20,22-33,35-39H,8-9,12H2,1H3/b7-4+/t13-,20+,22-,23+,24+,25+,26+,27-,28+,29+/m0/s1. The van der Waals surface area contributed by atoms with E-state index in [1.807, 2.05) is 0 Å². The molecule has 0 radical (unpaired) electrons. The Morgan fingerprint density at radius 2 is 1.43 bits per heavy atom. The highest BCUT2D eigenvalue weighted by Gasteiger charge is 2.49. The first-order chi connectivity index (χ1) is 20.8. The molecule has 2 aromatic carbocycles. The first-order valence-corrected chi connectivity index (χ1v) is 13.7. The Balaban J connectivity index is 1.45. The van der Waals surface area contributed by atoms with E-state index in [-0.39, 0.29) is 30.3 Å². The summed E-state index contributed by atoms with van der Waals surface area (Å²) in [5.41, 5.74) is 0.919. The highest BCUT2D eigenvalue weighted by molar-refractivity contribution is 5.87. The number of rotatable bonds is 10. The van der Waals surface area contributed by atoms with Crippen LogP contribution in [0.1, 0.15) is 18.1 Å². The Hall–Kier alpha value is -3.51. The lowest BCUT2D eigenvalue weighted by Crippen LogP contribution is -2.62. The van der Waals surface area contributed by atoms with Crippen molar-refractivity contribution in [3.05, 3.63) is 53.6 Å². The number of esters is 1. The Labute approximate surface area is 251 Å². The molecule has 9 N–H and O–H groups in total. The van der Waals surface area contributed by atoms with Crippen LogP contribution < -0.4 is 0 Å². The van der Waals surface area contributed by atoms with Crippen LogP contribution in [0, 0.1) is 0 Å². The maximum atomic E-state index is 12.6. The van der Waals surface area contributed by atoms with E-state index < -0.39 is 79.7 Å². The molecule has 0 bridgehead atoms. The molecule has 44 heavy (non-hydrogen) atoms. The molecule has 242 valence electrons. The van der Waals surface area contributed by atoms with Crippen LogP contribution in [-0.4, -0.2) is 127 Å². The minimum atomic E-state index is -1.70. The van der Waals surface area contributed by atoms with Crippen molar-refractivity contribution < 1.29 is 74.4 Å². The number of ether oxygens (including phenoxy) is 5. The van der Waals surface area contributed by atoms with Crippen LogP contribution in [0.2, 0.25) is 0 Å². The van der Waals surface area contributed by atoms with E-state index in [0.29, 0.717) is 11.1 Å². The van der Waals surface area contributed by atoms with Gasteiger partial charge in [-0.05, 0) is 54.8 Å². The topological polar surface area (TPSA) is 245 Å². The van der Waals surface area contributed by atoms with Crippen LogP contribution in [0.5, 0.6) is 23.0 Å². The molecule has 4 rings (SSSR count). The van der Waals surface area contributed by atoms with Gasteiger partial charge < -0.3 is 69.6 Å². The van der Waals surface area contributed by atoms with Gasteiger partial charge in [0.15, 0.2) is 41.7 Å². The summed E-state index contributed by atoms with van der Waals surface area (Å²) < 4.78 is 27.7. The second-order valence-corrected chi connectivity index (χ2v) is 10.5. The van der Waals surface area contributed by atoms with Crippen molar-refractivity contribution in [3.63, 3.8) is 0 Å². The Kier molecular flexibility index (Phi) is 11.0. The van der Waals surface area contributed by atoms with Gasteiger partial charge in [0.1, 0.15) is 36.6 Å². The van der Waals surface area contributed by atoms with Crippen LogP contribution in [0.4, 0.5) is 0 Å². The van der Waals surface area contributed by atoms with Gasteiger partial charge in [-0.2, -0.15) is 0 Å². The lowest BCUT2D eigenvalue weighted by atomic mass is 9.98. The van der Waals surface area contributed by atoms with Crippen molar-refractivity contribution in [3.8, 4) is 23.0 Å². The summed E-state index contributed by atoms with van der Waals surface area (Å²) in [4.78, 5) is 12.6. The Bertz CT molecular complexity index is 1300. The largest absolute Gasteiger partial charge is 0.504 e. The minimum Gasteiger partial charge on any atom is -0.504 e. The highest BCUT2D eigenvalue weighted by atomic mass is 16.7. The van der Waals surface area contributed by atoms with E-state index in [1.54, 1.807) is 6.07 Å². The van der Waals surface area contributed by atoms with Crippen LogP contribution >= 0.6 is 0 Å². The molecule has 10 atom stereocenters. The quantitative estimate of drug-likeness (QED) is 0.0873. The van der Waals surface area contributed by atoms with E-state index in [1.165, 1.54) is 43.3 Å². The smallest absolute Gasteiger partial charge is 0.331 e. The predicted octanol–water partition coefficient (Wildman–Crippen LogP) is -1.02.